The highest BCUT2D eigenvalue weighted by atomic mass is 16.8. The second-order valence-corrected chi connectivity index (χ2v) is 26.7. The average Bonchev–Trinajstić information content (AvgIpc) is 1.76. The first kappa shape index (κ1) is 83.4. The summed E-state index contributed by atoms with van der Waals surface area (Å²) >= 11 is 0. The largest absolute Gasteiger partial charge is 0.497 e. The number of aliphatic hydroxyl groups excluding tert-OH is 14. The summed E-state index contributed by atoms with van der Waals surface area (Å²) in [6, 6.07) is 4.11. The van der Waals surface area contributed by atoms with E-state index in [1.54, 1.807) is 54.6 Å². The number of aliphatic hydroxyl groups is 14. The highest BCUT2D eigenvalue weighted by Gasteiger charge is 2.58. The van der Waals surface area contributed by atoms with Gasteiger partial charge in [-0.2, -0.15) is 0 Å². The van der Waals surface area contributed by atoms with E-state index in [0.29, 0.717) is 17.1 Å². The zero-order valence-electron chi connectivity index (χ0n) is 56.5. The molecule has 0 bridgehead atoms. The standard InChI is InChI=1S/C31H53N7O15.C30H51N7O14/c1-47-11-4-2-10(3-5-11)37-31(46)38-18-23(44)21(42)15(8-33)49-29(18)52-26-16(9-39)50-30(24(26)45)53-27-19(40)12(34)6-13(35)25(27)51-28-17(36)22(43)20(41)14(7-32)48-28;31-7-13-19(40)21(42)16(35)27(46-13)49-24-12(34)6-11(33)18(39)26(24)51-29-23(44)25(15(9-38)48-29)50-28-17(22(43)20(41)14(8-32)47-28)37-30(45)36-10-4-2-1-3-5-10/h2-5,12-30,39-45H,6-9,32-36H2,1H3,(H2,37,38,46);1-5,11-29,38-44H,6-9,31-35H2,(H2,36,37,45)/t12-,13?,14?,15?,16-,17?,18?,19?,20-,21-,22-,23+,24?,25-,26+,27-,28-,29-,30+;11-,12?,13?,14?,15-,16?,17?,18?,19-,20-,21-,22+,23?,24-,25+,26-,27-,28-,29+/m11/s1. The molecule has 10 rings (SSSR count). The minimum absolute atomic E-state index is 0.0498. The van der Waals surface area contributed by atoms with E-state index in [-0.39, 0.29) is 39.0 Å². The van der Waals surface area contributed by atoms with Gasteiger partial charge in [-0.3, -0.25) is 0 Å². The van der Waals surface area contributed by atoms with Crippen molar-refractivity contribution in [3.63, 3.8) is 0 Å². The number of amides is 4. The quantitative estimate of drug-likeness (QED) is 0.0491. The van der Waals surface area contributed by atoms with Crippen LogP contribution in [0.25, 0.3) is 0 Å². The van der Waals surface area contributed by atoms with Crippen molar-refractivity contribution in [2.45, 2.75) is 245 Å². The average molecular weight is 1500 g/mol. The van der Waals surface area contributed by atoms with E-state index in [4.69, 9.17) is 119 Å². The fourth-order valence-electron chi connectivity index (χ4n) is 13.6. The Bertz CT molecular complexity index is 2970. The van der Waals surface area contributed by atoms with Crippen molar-refractivity contribution in [2.75, 3.05) is 57.1 Å². The molecule has 2 aliphatic carbocycles. The number of ether oxygens (including phenoxy) is 13. The van der Waals surface area contributed by atoms with Gasteiger partial charge >= 0.3 is 12.1 Å². The molecule has 6 saturated heterocycles. The summed E-state index contributed by atoms with van der Waals surface area (Å²) in [5.74, 6) is 0.546. The molecule has 14 unspecified atom stereocenters. The molecule has 0 aromatic heterocycles. The van der Waals surface area contributed by atoms with Crippen molar-refractivity contribution in [1.82, 2.24) is 10.6 Å². The molecule has 43 nitrogen and oxygen atoms in total. The van der Waals surface area contributed by atoms with Crippen LogP contribution in [-0.4, -0.2) is 363 Å². The summed E-state index contributed by atoms with van der Waals surface area (Å²) in [6.45, 7) is -2.33. The van der Waals surface area contributed by atoms with Crippen molar-refractivity contribution < 1.29 is 143 Å². The Hall–Kier alpha value is -4.66. The summed E-state index contributed by atoms with van der Waals surface area (Å²) in [6.07, 6.45) is -42.6. The lowest BCUT2D eigenvalue weighted by Gasteiger charge is -2.47. The van der Waals surface area contributed by atoms with Crippen LogP contribution in [-0.2, 0) is 56.8 Å². The van der Waals surface area contributed by atoms with Gasteiger partial charge in [-0.1, -0.05) is 18.2 Å². The van der Waals surface area contributed by atoms with Gasteiger partial charge in [0.25, 0.3) is 0 Å². The molecule has 2 aromatic carbocycles. The van der Waals surface area contributed by atoms with E-state index >= 15 is 0 Å². The SMILES string of the molecule is COc1ccc(NC(=O)NC2[C@@H](O[C@@H]3C(O)[C@H](O[C@@H]4C(O)[C@H](N)CC(N)[C@H]4O[C@H]4OC(CN)[C@@H](O)[C@H](O)C4N)O[C@@H]3CO)OC(CN)[C@@H](O)[C@H]2O)cc1.NCC1O[C@H](O[C@@H]2C(N)C[C@@H](N)C(O)[C@H]2O[C@@H]2O[C@H](CO)[C@H](O[C@H]3OC(CN)[C@@H](O)[C@@H](O)C3NC(=O)Nc3ccccc3)C2O)C(N)[C@@H](O)[C@@H]1O. The molecule has 6 heterocycles. The number of rotatable bonds is 23. The normalized spacial score (nSPS) is 45.4. The smallest absolute Gasteiger partial charge is 0.319 e. The van der Waals surface area contributed by atoms with Crippen LogP contribution >= 0.6 is 0 Å². The van der Waals surface area contributed by atoms with Crippen LogP contribution < -0.4 is 83.3 Å². The molecule has 8 aliphatic rings. The zero-order chi connectivity index (χ0) is 75.9. The van der Waals surface area contributed by atoms with Gasteiger partial charge in [-0.05, 0) is 49.2 Å². The highest BCUT2D eigenvalue weighted by Crippen LogP contribution is 2.38. The van der Waals surface area contributed by atoms with Crippen LogP contribution in [0.3, 0.4) is 0 Å². The second-order valence-electron chi connectivity index (χ2n) is 26.7. The van der Waals surface area contributed by atoms with Crippen molar-refractivity contribution >= 4 is 23.4 Å². The molecule has 6 aliphatic heterocycles. The molecule has 8 fully saturated rings. The molecule has 0 radical (unpaired) electrons. The lowest BCUT2D eigenvalue weighted by atomic mass is 9.84. The van der Waals surface area contributed by atoms with E-state index in [0.717, 1.165) is 0 Å². The van der Waals surface area contributed by atoms with E-state index in [1.165, 1.54) is 7.11 Å². The molecule has 592 valence electrons. The predicted molar refractivity (Wildman–Crippen MR) is 352 cm³/mol. The minimum Gasteiger partial charge on any atom is -0.497 e. The maximum absolute atomic E-state index is 13.0. The van der Waals surface area contributed by atoms with Crippen LogP contribution in [0.1, 0.15) is 12.8 Å². The molecule has 0 spiro atoms. The number of nitrogens with two attached hydrogens (primary N) is 10. The number of hydrogen-bond acceptors (Lipinski definition) is 39. The van der Waals surface area contributed by atoms with Crippen LogP contribution in [0, 0.1) is 0 Å². The topological polar surface area (TPSA) is 746 Å². The van der Waals surface area contributed by atoms with Crippen molar-refractivity contribution in [3.8, 4) is 5.75 Å². The number of benzene rings is 2. The molecule has 4 amide bonds. The Morgan fingerprint density at radius 2 is 0.692 bits per heavy atom. The Morgan fingerprint density at radius 1 is 0.375 bits per heavy atom. The molecule has 43 heteroatoms. The third-order valence-electron chi connectivity index (χ3n) is 19.6. The molecular formula is C61H104N14O29. The van der Waals surface area contributed by atoms with E-state index in [2.05, 4.69) is 21.3 Å². The van der Waals surface area contributed by atoms with Crippen LogP contribution in [0.15, 0.2) is 54.6 Å². The third-order valence-corrected chi connectivity index (χ3v) is 19.6. The second kappa shape index (κ2) is 37.2. The molecule has 38 atom stereocenters. The van der Waals surface area contributed by atoms with Gasteiger partial charge in [0.1, 0.15) is 152 Å². The lowest BCUT2D eigenvalue weighted by Crippen LogP contribution is -2.68. The Morgan fingerprint density at radius 3 is 1.04 bits per heavy atom. The van der Waals surface area contributed by atoms with E-state index < -0.39 is 258 Å². The van der Waals surface area contributed by atoms with Gasteiger partial charge in [0, 0.05) is 61.7 Å². The lowest BCUT2D eigenvalue weighted by molar-refractivity contribution is -0.307. The number of nitrogens with one attached hydrogen (secondary N) is 4. The Kier molecular flexibility index (Phi) is 29.8. The van der Waals surface area contributed by atoms with Crippen molar-refractivity contribution in [2.24, 2.45) is 57.3 Å². The Labute approximate surface area is 595 Å². The van der Waals surface area contributed by atoms with Crippen molar-refractivity contribution in [3.05, 3.63) is 54.6 Å². The monoisotopic (exact) mass is 1500 g/mol. The first-order chi connectivity index (χ1) is 49.5. The Balaban J connectivity index is 0.000000241. The summed E-state index contributed by atoms with van der Waals surface area (Å²) in [5, 5.41) is 161. The third kappa shape index (κ3) is 18.8. The van der Waals surface area contributed by atoms with Gasteiger partial charge in [0.15, 0.2) is 37.7 Å². The number of methoxy groups -OCH3 is 1. The van der Waals surface area contributed by atoms with Crippen LogP contribution in [0.2, 0.25) is 0 Å². The molecule has 2 saturated carbocycles. The van der Waals surface area contributed by atoms with Crippen LogP contribution in [0.4, 0.5) is 21.0 Å². The molecule has 104 heavy (non-hydrogen) atoms. The van der Waals surface area contributed by atoms with Crippen molar-refractivity contribution in [1.29, 1.82) is 0 Å². The fraction of sp³-hybridized carbons (Fsp3) is 0.770. The summed E-state index contributed by atoms with van der Waals surface area (Å²) in [7, 11) is 1.48. The number of anilines is 2. The van der Waals surface area contributed by atoms with Gasteiger partial charge in [0.2, 0.25) is 0 Å². The minimum atomic E-state index is -1.72. The summed E-state index contributed by atoms with van der Waals surface area (Å²) in [5.41, 5.74) is 60.9. The maximum Gasteiger partial charge on any atom is 0.319 e. The molecule has 38 N–H and O–H groups in total. The van der Waals surface area contributed by atoms with E-state index in [9.17, 15) is 81.1 Å². The maximum atomic E-state index is 13.0. The van der Waals surface area contributed by atoms with Crippen LogP contribution in [0.5, 0.6) is 5.75 Å². The first-order valence-corrected chi connectivity index (χ1v) is 33.9. The fourth-order valence-corrected chi connectivity index (χ4v) is 13.6. The molecular weight excluding hydrogens is 1390 g/mol. The van der Waals surface area contributed by atoms with Gasteiger partial charge in [-0.25, -0.2) is 9.59 Å². The number of urea groups is 2. The number of para-hydroxylation sites is 1. The summed E-state index contributed by atoms with van der Waals surface area (Å²) in [4.78, 5) is 25.9. The highest BCUT2D eigenvalue weighted by molar-refractivity contribution is 5.90. The van der Waals surface area contributed by atoms with Gasteiger partial charge in [0.05, 0.1) is 44.6 Å². The first-order valence-electron chi connectivity index (χ1n) is 33.9. The van der Waals surface area contributed by atoms with Gasteiger partial charge in [-0.15, -0.1) is 0 Å². The summed E-state index contributed by atoms with van der Waals surface area (Å²) < 4.78 is 75.9. The number of hydrogen-bond donors (Lipinski definition) is 28. The predicted octanol–water partition coefficient (Wildman–Crippen LogP) is -14.1. The van der Waals surface area contributed by atoms with Gasteiger partial charge < -0.3 is 212 Å². The van der Waals surface area contributed by atoms with E-state index in [1.807, 2.05) is 0 Å². The number of carbonyl (C=O) groups excluding carboxylic acids is 2. The molecule has 2 aromatic rings. The number of carbonyl (C=O) groups is 2. The zero-order valence-corrected chi connectivity index (χ0v) is 56.5.